The van der Waals surface area contributed by atoms with E-state index in [4.69, 9.17) is 11.6 Å². The number of carbonyl (C=O) groups is 1. The van der Waals surface area contributed by atoms with Crippen LogP contribution in [0.25, 0.3) is 11.3 Å². The van der Waals surface area contributed by atoms with Crippen LogP contribution < -0.4 is 5.32 Å². The van der Waals surface area contributed by atoms with Gasteiger partial charge in [-0.05, 0) is 74.8 Å². The molecular formula is C27H31ClFN5O. The lowest BCUT2D eigenvalue weighted by Crippen LogP contribution is -2.48. The Bertz CT molecular complexity index is 1200. The van der Waals surface area contributed by atoms with E-state index in [1.165, 1.54) is 6.07 Å². The molecule has 3 aromatic rings. The molecule has 0 radical (unpaired) electrons. The highest BCUT2D eigenvalue weighted by molar-refractivity contribution is 6.33. The van der Waals surface area contributed by atoms with Crippen LogP contribution in [0, 0.1) is 5.82 Å². The van der Waals surface area contributed by atoms with E-state index in [1.54, 1.807) is 23.0 Å². The van der Waals surface area contributed by atoms with Crippen LogP contribution in [0.1, 0.15) is 34.3 Å². The maximum atomic E-state index is 13.9. The van der Waals surface area contributed by atoms with E-state index in [2.05, 4.69) is 22.4 Å². The Morgan fingerprint density at radius 3 is 2.69 bits per heavy atom. The van der Waals surface area contributed by atoms with Crippen molar-refractivity contribution in [2.75, 3.05) is 26.7 Å². The molecule has 0 unspecified atom stereocenters. The van der Waals surface area contributed by atoms with Gasteiger partial charge in [0, 0.05) is 43.3 Å². The van der Waals surface area contributed by atoms with Gasteiger partial charge in [-0.25, -0.2) is 4.39 Å². The molecule has 184 valence electrons. The van der Waals surface area contributed by atoms with Gasteiger partial charge in [-0.1, -0.05) is 29.8 Å². The van der Waals surface area contributed by atoms with Gasteiger partial charge in [0.25, 0.3) is 5.91 Å². The van der Waals surface area contributed by atoms with Crippen molar-refractivity contribution in [3.05, 3.63) is 76.2 Å². The fourth-order valence-corrected chi connectivity index (χ4v) is 5.54. The quantitative estimate of drug-likeness (QED) is 0.535. The van der Waals surface area contributed by atoms with E-state index >= 15 is 0 Å². The smallest absolute Gasteiger partial charge is 0.254 e. The summed E-state index contributed by atoms with van der Waals surface area (Å²) in [7, 11) is 4.01. The second-order valence-electron chi connectivity index (χ2n) is 9.74. The van der Waals surface area contributed by atoms with E-state index in [0.29, 0.717) is 30.6 Å². The summed E-state index contributed by atoms with van der Waals surface area (Å²) in [5, 5.41) is 8.53. The van der Waals surface area contributed by atoms with Gasteiger partial charge < -0.3 is 15.1 Å². The lowest BCUT2D eigenvalue weighted by atomic mass is 10.0. The van der Waals surface area contributed by atoms with Crippen molar-refractivity contribution < 1.29 is 9.18 Å². The number of hydrogen-bond donors (Lipinski definition) is 1. The number of piperidine rings is 1. The number of halogens is 2. The monoisotopic (exact) mass is 495 g/mol. The number of likely N-dealkylation sites (tertiary alicyclic amines) is 1. The fourth-order valence-electron chi connectivity index (χ4n) is 5.26. The van der Waals surface area contributed by atoms with Crippen molar-refractivity contribution in [2.45, 2.75) is 37.9 Å². The van der Waals surface area contributed by atoms with Gasteiger partial charge >= 0.3 is 0 Å². The summed E-state index contributed by atoms with van der Waals surface area (Å²) in [6.07, 6.45) is 4.40. The van der Waals surface area contributed by atoms with Gasteiger partial charge in [-0.2, -0.15) is 5.10 Å². The molecule has 1 N–H and O–H groups in total. The highest BCUT2D eigenvalue weighted by atomic mass is 35.5. The SMILES string of the molecule is CN1CCC(NC[C@H](Cc2cccc(F)c2)N2Cc3cc(-c4c(Cl)cnn4C)ccc3C2=O)CC1. The molecule has 2 aliphatic rings. The first-order valence-electron chi connectivity index (χ1n) is 12.2. The molecule has 1 atom stereocenters. The molecule has 0 saturated carbocycles. The number of fused-ring (bicyclic) bond motifs is 1. The van der Waals surface area contributed by atoms with Gasteiger partial charge in [0.15, 0.2) is 0 Å². The lowest BCUT2D eigenvalue weighted by Gasteiger charge is -2.33. The van der Waals surface area contributed by atoms with Crippen LogP contribution in [-0.4, -0.2) is 64.3 Å². The third-order valence-corrected chi connectivity index (χ3v) is 7.54. The van der Waals surface area contributed by atoms with Crippen LogP contribution >= 0.6 is 11.6 Å². The number of carbonyl (C=O) groups excluding carboxylic acids is 1. The van der Waals surface area contributed by atoms with Crippen LogP contribution in [0.2, 0.25) is 5.02 Å². The number of nitrogens with zero attached hydrogens (tertiary/aromatic N) is 4. The molecule has 0 bridgehead atoms. The molecular weight excluding hydrogens is 465 g/mol. The minimum Gasteiger partial charge on any atom is -0.330 e. The first-order chi connectivity index (χ1) is 16.9. The van der Waals surface area contributed by atoms with Gasteiger partial charge in [0.05, 0.1) is 16.9 Å². The molecule has 0 aliphatic carbocycles. The lowest BCUT2D eigenvalue weighted by molar-refractivity contribution is 0.0694. The number of aryl methyl sites for hydroxylation is 1. The Morgan fingerprint density at radius 2 is 1.97 bits per heavy atom. The number of rotatable bonds is 7. The average molecular weight is 496 g/mol. The molecule has 6 nitrogen and oxygen atoms in total. The summed E-state index contributed by atoms with van der Waals surface area (Å²) in [6, 6.07) is 12.9. The summed E-state index contributed by atoms with van der Waals surface area (Å²) in [5.74, 6) is -0.229. The molecule has 35 heavy (non-hydrogen) atoms. The zero-order valence-electron chi connectivity index (χ0n) is 20.2. The summed E-state index contributed by atoms with van der Waals surface area (Å²) >= 11 is 6.36. The van der Waals surface area contributed by atoms with Crippen molar-refractivity contribution >= 4 is 17.5 Å². The maximum absolute atomic E-state index is 13.9. The Hall–Kier alpha value is -2.74. The highest BCUT2D eigenvalue weighted by Crippen LogP contribution is 2.33. The van der Waals surface area contributed by atoms with E-state index < -0.39 is 0 Å². The van der Waals surface area contributed by atoms with Crippen LogP contribution in [0.3, 0.4) is 0 Å². The van der Waals surface area contributed by atoms with Gasteiger partial charge in [0.1, 0.15) is 5.82 Å². The Morgan fingerprint density at radius 1 is 1.17 bits per heavy atom. The van der Waals surface area contributed by atoms with E-state index in [1.807, 2.05) is 36.2 Å². The van der Waals surface area contributed by atoms with Crippen molar-refractivity contribution in [1.82, 2.24) is 24.9 Å². The van der Waals surface area contributed by atoms with Crippen LogP contribution in [0.5, 0.6) is 0 Å². The van der Waals surface area contributed by atoms with Crippen molar-refractivity contribution in [3.63, 3.8) is 0 Å². The Kier molecular flexibility index (Phi) is 6.91. The largest absolute Gasteiger partial charge is 0.330 e. The average Bonchev–Trinajstić information content (AvgIpc) is 3.35. The minimum atomic E-state index is -0.252. The summed E-state index contributed by atoms with van der Waals surface area (Å²) in [4.78, 5) is 17.8. The predicted octanol–water partition coefficient (Wildman–Crippen LogP) is 4.13. The first-order valence-corrected chi connectivity index (χ1v) is 12.5. The second kappa shape index (κ2) is 10.1. The maximum Gasteiger partial charge on any atom is 0.254 e. The molecule has 1 amide bonds. The molecule has 0 spiro atoms. The molecule has 2 aliphatic heterocycles. The summed E-state index contributed by atoms with van der Waals surface area (Å²) < 4.78 is 15.7. The van der Waals surface area contributed by atoms with Gasteiger partial charge in [-0.3, -0.25) is 9.48 Å². The number of hydrogen-bond acceptors (Lipinski definition) is 4. The summed E-state index contributed by atoms with van der Waals surface area (Å²) in [6.45, 7) is 3.33. The molecule has 1 fully saturated rings. The third-order valence-electron chi connectivity index (χ3n) is 7.27. The van der Waals surface area contributed by atoms with Crippen LogP contribution in [0.15, 0.2) is 48.7 Å². The van der Waals surface area contributed by atoms with E-state index in [0.717, 1.165) is 53.9 Å². The van der Waals surface area contributed by atoms with Crippen molar-refractivity contribution in [3.8, 4) is 11.3 Å². The number of benzene rings is 2. The van der Waals surface area contributed by atoms with Gasteiger partial charge in [0.2, 0.25) is 0 Å². The molecule has 8 heteroatoms. The fraction of sp³-hybridized carbons (Fsp3) is 0.407. The standard InChI is InChI=1S/C27H31ClFN5O/c1-32-10-8-22(9-11-32)30-15-23(13-18-4-3-5-21(29)12-18)34-17-20-14-19(6-7-24(20)27(34)35)26-25(28)16-31-33(26)2/h3-7,12,14,16,22-23,30H,8-11,13,15,17H2,1-2H3/t23-/m0/s1. The van der Waals surface area contributed by atoms with E-state index in [9.17, 15) is 9.18 Å². The zero-order valence-corrected chi connectivity index (χ0v) is 20.9. The third kappa shape index (κ3) is 5.13. The molecule has 3 heterocycles. The van der Waals surface area contributed by atoms with Crippen LogP contribution in [0.4, 0.5) is 4.39 Å². The first kappa shape index (κ1) is 24.0. The topological polar surface area (TPSA) is 53.4 Å². The Balaban J connectivity index is 1.38. The van der Waals surface area contributed by atoms with Crippen molar-refractivity contribution in [1.29, 1.82) is 0 Å². The van der Waals surface area contributed by atoms with E-state index in [-0.39, 0.29) is 17.8 Å². The zero-order chi connectivity index (χ0) is 24.5. The molecule has 5 rings (SSSR count). The number of amides is 1. The second-order valence-corrected chi connectivity index (χ2v) is 10.2. The normalized spacial score (nSPS) is 17.7. The predicted molar refractivity (Wildman–Crippen MR) is 136 cm³/mol. The summed E-state index contributed by atoms with van der Waals surface area (Å²) in [5.41, 5.74) is 4.37. The molecule has 1 saturated heterocycles. The molecule has 1 aromatic heterocycles. The Labute approximate surface area is 210 Å². The van der Waals surface area contributed by atoms with Crippen LogP contribution in [-0.2, 0) is 20.0 Å². The number of aromatic nitrogens is 2. The molecule has 2 aromatic carbocycles. The highest BCUT2D eigenvalue weighted by Gasteiger charge is 2.33. The van der Waals surface area contributed by atoms with Gasteiger partial charge in [-0.15, -0.1) is 0 Å². The number of nitrogens with one attached hydrogen (secondary N) is 1. The van der Waals surface area contributed by atoms with Crippen molar-refractivity contribution in [2.24, 2.45) is 7.05 Å². The minimum absolute atomic E-state index is 0.0224.